The van der Waals surface area contributed by atoms with Gasteiger partial charge in [0.1, 0.15) is 12.4 Å². The minimum Gasteiger partial charge on any atom is -0.489 e. The molecule has 0 N–H and O–H groups in total. The maximum atomic E-state index is 5.59. The maximum absolute atomic E-state index is 5.59. The summed E-state index contributed by atoms with van der Waals surface area (Å²) in [5.41, 5.74) is 0. The molecule has 3 nitrogen and oxygen atoms in total. The van der Waals surface area contributed by atoms with E-state index >= 15 is 0 Å². The fourth-order valence-corrected chi connectivity index (χ4v) is 2.29. The first-order valence-corrected chi connectivity index (χ1v) is 6.48. The maximum Gasteiger partial charge on any atom is 0.147 e. The van der Waals surface area contributed by atoms with Crippen LogP contribution >= 0.6 is 31.9 Å². The van der Waals surface area contributed by atoms with Crippen LogP contribution in [-0.4, -0.2) is 33.5 Å². The van der Waals surface area contributed by atoms with Crippen molar-refractivity contribution in [1.82, 2.24) is 0 Å². The molecule has 0 heterocycles. The average Bonchev–Trinajstić information content (AvgIpc) is 2.26. The topological polar surface area (TPSA) is 27.7 Å². The fraction of sp³-hybridized carbons (Fsp3) is 0.455. The first-order valence-electron chi connectivity index (χ1n) is 4.89. The molecule has 0 fully saturated rings. The lowest BCUT2D eigenvalue weighted by atomic mass is 10.3. The monoisotopic (exact) mass is 352 g/mol. The van der Waals surface area contributed by atoms with Crippen LogP contribution in [0.4, 0.5) is 0 Å². The molecule has 0 atom stereocenters. The van der Waals surface area contributed by atoms with Gasteiger partial charge in [-0.15, -0.1) is 0 Å². The lowest BCUT2D eigenvalue weighted by molar-refractivity contribution is 0.0542. The molecule has 0 spiro atoms. The number of ether oxygens (including phenoxy) is 3. The minimum atomic E-state index is 0.519. The molecule has 0 saturated heterocycles. The van der Waals surface area contributed by atoms with Crippen molar-refractivity contribution in [3.8, 4) is 5.75 Å². The Labute approximate surface area is 112 Å². The molecule has 0 unspecified atom stereocenters. The summed E-state index contributed by atoms with van der Waals surface area (Å²) in [4.78, 5) is 0. The summed E-state index contributed by atoms with van der Waals surface area (Å²) >= 11 is 6.85. The van der Waals surface area contributed by atoms with Crippen LogP contribution in [-0.2, 0) is 9.47 Å². The van der Waals surface area contributed by atoms with E-state index in [9.17, 15) is 0 Å². The summed E-state index contributed by atoms with van der Waals surface area (Å²) in [6, 6.07) is 5.81. The van der Waals surface area contributed by atoms with Crippen molar-refractivity contribution >= 4 is 31.9 Å². The third-order valence-electron chi connectivity index (χ3n) is 1.82. The molecule has 0 aliphatic heterocycles. The highest BCUT2D eigenvalue weighted by molar-refractivity contribution is 9.11. The lowest BCUT2D eigenvalue weighted by Crippen LogP contribution is -2.10. The Morgan fingerprint density at radius 3 is 2.25 bits per heavy atom. The predicted octanol–water partition coefficient (Wildman–Crippen LogP) is 3.25. The summed E-state index contributed by atoms with van der Waals surface area (Å²) in [6.45, 7) is 2.28. The van der Waals surface area contributed by atoms with Gasteiger partial charge in [-0.25, -0.2) is 0 Å². The highest BCUT2D eigenvalue weighted by Gasteiger charge is 2.04. The first kappa shape index (κ1) is 14.0. The van der Waals surface area contributed by atoms with E-state index in [4.69, 9.17) is 14.2 Å². The van der Waals surface area contributed by atoms with Crippen LogP contribution in [0.25, 0.3) is 0 Å². The molecule has 1 aromatic rings. The smallest absolute Gasteiger partial charge is 0.147 e. The Bertz CT molecular complexity index is 298. The van der Waals surface area contributed by atoms with Crippen molar-refractivity contribution in [2.45, 2.75) is 0 Å². The summed E-state index contributed by atoms with van der Waals surface area (Å²) in [7, 11) is 1.65. The number of hydrogen-bond donors (Lipinski definition) is 0. The highest BCUT2D eigenvalue weighted by Crippen LogP contribution is 2.32. The SMILES string of the molecule is COCCOCCOc1c(Br)cccc1Br. The Morgan fingerprint density at radius 2 is 1.62 bits per heavy atom. The van der Waals surface area contributed by atoms with Crippen molar-refractivity contribution in [1.29, 1.82) is 0 Å². The molecule has 0 saturated carbocycles. The first-order chi connectivity index (χ1) is 7.75. The number of benzene rings is 1. The molecular formula is C11H14Br2O3. The summed E-state index contributed by atoms with van der Waals surface area (Å²) in [5.74, 6) is 0.804. The molecule has 16 heavy (non-hydrogen) atoms. The van der Waals surface area contributed by atoms with E-state index in [2.05, 4.69) is 31.9 Å². The largest absolute Gasteiger partial charge is 0.489 e. The van der Waals surface area contributed by atoms with Crippen molar-refractivity contribution in [3.63, 3.8) is 0 Å². The number of methoxy groups -OCH3 is 1. The number of hydrogen-bond acceptors (Lipinski definition) is 3. The van der Waals surface area contributed by atoms with Crippen LogP contribution in [0, 0.1) is 0 Å². The van der Waals surface area contributed by atoms with Gasteiger partial charge >= 0.3 is 0 Å². The summed E-state index contributed by atoms with van der Waals surface area (Å²) < 4.78 is 17.6. The van der Waals surface area contributed by atoms with E-state index < -0.39 is 0 Å². The van der Waals surface area contributed by atoms with Gasteiger partial charge in [-0.05, 0) is 44.0 Å². The Morgan fingerprint density at radius 1 is 1.00 bits per heavy atom. The molecule has 5 heteroatoms. The second kappa shape index (κ2) is 8.06. The van der Waals surface area contributed by atoms with Crippen LogP contribution in [0.5, 0.6) is 5.75 Å². The van der Waals surface area contributed by atoms with Crippen LogP contribution in [0.1, 0.15) is 0 Å². The zero-order valence-electron chi connectivity index (χ0n) is 9.04. The van der Waals surface area contributed by atoms with Crippen LogP contribution < -0.4 is 4.74 Å². The highest BCUT2D eigenvalue weighted by atomic mass is 79.9. The molecule has 0 aromatic heterocycles. The number of para-hydroxylation sites is 1. The second-order valence-electron chi connectivity index (χ2n) is 3.00. The zero-order chi connectivity index (χ0) is 11.8. The molecule has 0 aliphatic carbocycles. The average molecular weight is 354 g/mol. The molecule has 1 rings (SSSR count). The lowest BCUT2D eigenvalue weighted by Gasteiger charge is -2.10. The van der Waals surface area contributed by atoms with Gasteiger partial charge in [0.2, 0.25) is 0 Å². The van der Waals surface area contributed by atoms with Gasteiger partial charge < -0.3 is 14.2 Å². The van der Waals surface area contributed by atoms with Crippen molar-refractivity contribution in [2.75, 3.05) is 33.5 Å². The quantitative estimate of drug-likeness (QED) is 0.704. The van der Waals surface area contributed by atoms with E-state index in [1.807, 2.05) is 18.2 Å². The molecule has 1 aromatic carbocycles. The molecule has 0 bridgehead atoms. The van der Waals surface area contributed by atoms with Gasteiger partial charge in [-0.3, -0.25) is 0 Å². The van der Waals surface area contributed by atoms with E-state index in [-0.39, 0.29) is 0 Å². The third kappa shape index (κ3) is 4.82. The van der Waals surface area contributed by atoms with Gasteiger partial charge in [0, 0.05) is 7.11 Å². The Kier molecular flexibility index (Phi) is 7.03. The fourth-order valence-electron chi connectivity index (χ4n) is 1.07. The minimum absolute atomic E-state index is 0.519. The second-order valence-corrected chi connectivity index (χ2v) is 4.71. The van der Waals surface area contributed by atoms with Crippen molar-refractivity contribution in [3.05, 3.63) is 27.1 Å². The molecular weight excluding hydrogens is 340 g/mol. The summed E-state index contributed by atoms with van der Waals surface area (Å²) in [5, 5.41) is 0. The van der Waals surface area contributed by atoms with Gasteiger partial charge in [-0.1, -0.05) is 6.07 Å². The van der Waals surface area contributed by atoms with E-state index in [0.717, 1.165) is 14.7 Å². The Balaban J connectivity index is 2.26. The predicted molar refractivity (Wildman–Crippen MR) is 70.0 cm³/mol. The van der Waals surface area contributed by atoms with Gasteiger partial charge in [0.25, 0.3) is 0 Å². The number of rotatable bonds is 7. The Hall–Kier alpha value is -0.100. The van der Waals surface area contributed by atoms with Crippen molar-refractivity contribution < 1.29 is 14.2 Å². The molecule has 0 radical (unpaired) electrons. The van der Waals surface area contributed by atoms with Gasteiger partial charge in [-0.2, -0.15) is 0 Å². The van der Waals surface area contributed by atoms with E-state index in [1.165, 1.54) is 0 Å². The van der Waals surface area contributed by atoms with E-state index in [1.54, 1.807) is 7.11 Å². The van der Waals surface area contributed by atoms with Gasteiger partial charge in [0.05, 0.1) is 28.8 Å². The molecule has 0 aliphatic rings. The molecule has 90 valence electrons. The van der Waals surface area contributed by atoms with Crippen LogP contribution in [0.2, 0.25) is 0 Å². The van der Waals surface area contributed by atoms with Crippen LogP contribution in [0.3, 0.4) is 0 Å². The van der Waals surface area contributed by atoms with Crippen LogP contribution in [0.15, 0.2) is 27.1 Å². The third-order valence-corrected chi connectivity index (χ3v) is 3.07. The number of halogens is 2. The zero-order valence-corrected chi connectivity index (χ0v) is 12.2. The normalized spacial score (nSPS) is 10.4. The van der Waals surface area contributed by atoms with Gasteiger partial charge in [0.15, 0.2) is 0 Å². The van der Waals surface area contributed by atoms with E-state index in [0.29, 0.717) is 26.4 Å². The van der Waals surface area contributed by atoms with Crippen molar-refractivity contribution in [2.24, 2.45) is 0 Å². The summed E-state index contributed by atoms with van der Waals surface area (Å²) in [6.07, 6.45) is 0. The standard InChI is InChI=1S/C11H14Br2O3/c1-14-5-6-15-7-8-16-11-9(12)3-2-4-10(11)13/h2-4H,5-8H2,1H3. The molecule has 0 amide bonds.